The van der Waals surface area contributed by atoms with E-state index in [4.69, 9.17) is 9.47 Å². The maximum atomic E-state index is 12.3. The minimum absolute atomic E-state index is 0.127. The molecule has 1 aromatic rings. The highest BCUT2D eigenvalue weighted by atomic mass is 16.6. The van der Waals surface area contributed by atoms with Gasteiger partial charge >= 0.3 is 12.1 Å². The molecule has 158 valence electrons. The molecule has 6 nitrogen and oxygen atoms in total. The Morgan fingerprint density at radius 1 is 1.00 bits per heavy atom. The van der Waals surface area contributed by atoms with Crippen molar-refractivity contribution in [3.63, 3.8) is 0 Å². The number of carbonyl (C=O) groups is 2. The van der Waals surface area contributed by atoms with Crippen molar-refractivity contribution in [2.45, 2.75) is 47.1 Å². The van der Waals surface area contributed by atoms with Crippen LogP contribution in [0.5, 0.6) is 5.75 Å². The Labute approximate surface area is 169 Å². The molecular formula is C22H36N2O4. The summed E-state index contributed by atoms with van der Waals surface area (Å²) in [5.74, 6) is 0.362. The summed E-state index contributed by atoms with van der Waals surface area (Å²) in [5.41, 5.74) is 0.325. The Kier molecular flexibility index (Phi) is 8.95. The van der Waals surface area contributed by atoms with E-state index in [0.29, 0.717) is 12.3 Å². The second-order valence-electron chi connectivity index (χ2n) is 8.84. The largest absolute Gasteiger partial charge is 0.457 e. The first kappa shape index (κ1) is 24.0. The van der Waals surface area contributed by atoms with Gasteiger partial charge in [-0.05, 0) is 71.4 Å². The van der Waals surface area contributed by atoms with Gasteiger partial charge in [0, 0.05) is 13.6 Å². The lowest BCUT2D eigenvalue weighted by molar-refractivity contribution is -0.161. The highest BCUT2D eigenvalue weighted by Gasteiger charge is 2.28. The molecule has 1 unspecified atom stereocenters. The topological polar surface area (TPSA) is 59.1 Å². The summed E-state index contributed by atoms with van der Waals surface area (Å²) in [5, 5.41) is 0. The van der Waals surface area contributed by atoms with Crippen LogP contribution >= 0.6 is 0 Å². The summed E-state index contributed by atoms with van der Waals surface area (Å²) >= 11 is 0. The van der Waals surface area contributed by atoms with Crippen molar-refractivity contribution >= 4 is 12.1 Å². The summed E-state index contributed by atoms with van der Waals surface area (Å²) in [4.78, 5) is 28.1. The Hall–Kier alpha value is -2.08. The molecule has 0 heterocycles. The van der Waals surface area contributed by atoms with Crippen LogP contribution in [-0.2, 0) is 9.53 Å². The molecular weight excluding hydrogens is 356 g/mol. The summed E-state index contributed by atoms with van der Waals surface area (Å²) in [6.07, 6.45) is 0.156. The van der Waals surface area contributed by atoms with Crippen LogP contribution in [0.3, 0.4) is 0 Å². The van der Waals surface area contributed by atoms with E-state index >= 15 is 0 Å². The number of rotatable bonds is 8. The monoisotopic (exact) mass is 392 g/mol. The lowest BCUT2D eigenvalue weighted by Gasteiger charge is -2.26. The van der Waals surface area contributed by atoms with Crippen molar-refractivity contribution in [2.75, 3.05) is 34.2 Å². The third-order valence-electron chi connectivity index (χ3n) is 4.28. The van der Waals surface area contributed by atoms with Gasteiger partial charge in [-0.25, -0.2) is 4.79 Å². The molecule has 0 aliphatic rings. The van der Waals surface area contributed by atoms with Crippen LogP contribution in [0.1, 0.15) is 52.7 Å². The van der Waals surface area contributed by atoms with Crippen molar-refractivity contribution in [1.82, 2.24) is 9.80 Å². The Bertz CT molecular complexity index is 633. The molecule has 0 fully saturated rings. The predicted octanol–water partition coefficient (Wildman–Crippen LogP) is 4.36. The van der Waals surface area contributed by atoms with Gasteiger partial charge in [0.2, 0.25) is 0 Å². The van der Waals surface area contributed by atoms with E-state index in [-0.39, 0.29) is 24.1 Å². The van der Waals surface area contributed by atoms with Gasteiger partial charge in [0.15, 0.2) is 0 Å². The molecule has 0 aromatic heterocycles. The third-order valence-corrected chi connectivity index (χ3v) is 4.28. The summed E-state index contributed by atoms with van der Waals surface area (Å²) in [6.45, 7) is 11.1. The Morgan fingerprint density at radius 2 is 1.57 bits per heavy atom. The van der Waals surface area contributed by atoms with Crippen molar-refractivity contribution in [3.8, 4) is 5.75 Å². The highest BCUT2D eigenvalue weighted by Crippen LogP contribution is 2.30. The lowest BCUT2D eigenvalue weighted by atomic mass is 9.95. The van der Waals surface area contributed by atoms with E-state index in [1.807, 2.05) is 60.8 Å². The molecule has 0 saturated carbocycles. The number of hydrogen-bond donors (Lipinski definition) is 0. The molecule has 0 aliphatic heterocycles. The number of benzene rings is 1. The van der Waals surface area contributed by atoms with E-state index in [0.717, 1.165) is 18.5 Å². The number of ether oxygens (including phenoxy) is 2. The lowest BCUT2D eigenvalue weighted by Crippen LogP contribution is -2.32. The van der Waals surface area contributed by atoms with Crippen LogP contribution in [0, 0.1) is 11.3 Å². The van der Waals surface area contributed by atoms with Crippen molar-refractivity contribution in [1.29, 1.82) is 0 Å². The van der Waals surface area contributed by atoms with Crippen LogP contribution in [0.15, 0.2) is 24.3 Å². The predicted molar refractivity (Wildman–Crippen MR) is 111 cm³/mol. The first-order valence-electron chi connectivity index (χ1n) is 9.80. The van der Waals surface area contributed by atoms with E-state index in [2.05, 4.69) is 4.90 Å². The maximum Gasteiger partial charge on any atom is 0.414 e. The van der Waals surface area contributed by atoms with Crippen LogP contribution in [0.2, 0.25) is 0 Å². The molecule has 0 radical (unpaired) electrons. The zero-order valence-corrected chi connectivity index (χ0v) is 18.6. The van der Waals surface area contributed by atoms with Crippen LogP contribution < -0.4 is 4.74 Å². The highest BCUT2D eigenvalue weighted by molar-refractivity contribution is 5.75. The fourth-order valence-electron chi connectivity index (χ4n) is 2.50. The molecule has 0 aliphatic carbocycles. The minimum atomic E-state index is -0.556. The molecule has 1 rings (SSSR count). The average Bonchev–Trinajstić information content (AvgIpc) is 2.58. The average molecular weight is 393 g/mol. The van der Waals surface area contributed by atoms with E-state index < -0.39 is 5.41 Å². The minimum Gasteiger partial charge on any atom is -0.457 e. The first-order valence-corrected chi connectivity index (χ1v) is 9.80. The fourth-order valence-corrected chi connectivity index (χ4v) is 2.50. The van der Waals surface area contributed by atoms with Crippen molar-refractivity contribution in [2.24, 2.45) is 11.3 Å². The quantitative estimate of drug-likeness (QED) is 0.616. The van der Waals surface area contributed by atoms with Gasteiger partial charge in [0.1, 0.15) is 11.9 Å². The number of carbonyl (C=O) groups excluding carboxylic acids is 2. The van der Waals surface area contributed by atoms with Gasteiger partial charge in [0.25, 0.3) is 0 Å². The third kappa shape index (κ3) is 7.89. The zero-order chi connectivity index (χ0) is 21.5. The second kappa shape index (κ2) is 10.5. The number of hydrogen-bond acceptors (Lipinski definition) is 5. The fraction of sp³-hybridized carbons (Fsp3) is 0.636. The van der Waals surface area contributed by atoms with Gasteiger partial charge < -0.3 is 19.3 Å². The normalized spacial score (nSPS) is 12.8. The zero-order valence-electron chi connectivity index (χ0n) is 18.6. The van der Waals surface area contributed by atoms with Crippen LogP contribution in [-0.4, -0.2) is 56.1 Å². The molecule has 1 atom stereocenters. The van der Waals surface area contributed by atoms with E-state index in [1.165, 1.54) is 0 Å². The van der Waals surface area contributed by atoms with Crippen LogP contribution in [0.25, 0.3) is 0 Å². The van der Waals surface area contributed by atoms with Crippen molar-refractivity contribution in [3.05, 3.63) is 29.8 Å². The molecule has 0 N–H and O–H groups in total. The van der Waals surface area contributed by atoms with Gasteiger partial charge in [-0.3, -0.25) is 4.79 Å². The molecule has 6 heteroatoms. The van der Waals surface area contributed by atoms with Gasteiger partial charge in [0.05, 0.1) is 5.41 Å². The summed E-state index contributed by atoms with van der Waals surface area (Å²) in [7, 11) is 5.74. The van der Waals surface area contributed by atoms with E-state index in [1.54, 1.807) is 24.1 Å². The molecule has 0 spiro atoms. The number of esters is 1. The second-order valence-corrected chi connectivity index (χ2v) is 8.84. The SMILES string of the molecule is CC(C)C(OC(=O)C(C)(C)C)c1ccc(OC(=O)N(C)CCCN(C)C)cc1. The molecule has 28 heavy (non-hydrogen) atoms. The maximum absolute atomic E-state index is 12.3. The summed E-state index contributed by atoms with van der Waals surface area (Å²) < 4.78 is 11.2. The molecule has 0 saturated heterocycles. The van der Waals surface area contributed by atoms with Crippen molar-refractivity contribution < 1.29 is 19.1 Å². The van der Waals surface area contributed by atoms with Gasteiger partial charge in [-0.15, -0.1) is 0 Å². The first-order chi connectivity index (χ1) is 12.9. The smallest absolute Gasteiger partial charge is 0.414 e. The molecule has 1 amide bonds. The number of amides is 1. The Balaban J connectivity index is 2.72. The van der Waals surface area contributed by atoms with Gasteiger partial charge in [-0.1, -0.05) is 26.0 Å². The van der Waals surface area contributed by atoms with E-state index in [9.17, 15) is 9.59 Å². The van der Waals surface area contributed by atoms with Crippen LogP contribution in [0.4, 0.5) is 4.79 Å². The summed E-state index contributed by atoms with van der Waals surface area (Å²) in [6, 6.07) is 7.16. The standard InChI is InChI=1S/C22H36N2O4/c1-16(2)19(28-20(25)22(3,4)5)17-10-12-18(13-11-17)27-21(26)24(8)15-9-14-23(6)7/h10-13,16,19H,9,14-15H2,1-8H3. The molecule has 0 bridgehead atoms. The number of nitrogens with zero attached hydrogens (tertiary/aromatic N) is 2. The van der Waals surface area contributed by atoms with Gasteiger partial charge in [-0.2, -0.15) is 0 Å². The molecule has 1 aromatic carbocycles. The Morgan fingerprint density at radius 3 is 2.04 bits per heavy atom.